The summed E-state index contributed by atoms with van der Waals surface area (Å²) in [6.07, 6.45) is 1.64. The Bertz CT molecular complexity index is 1070. The van der Waals surface area contributed by atoms with Crippen LogP contribution in [0.5, 0.6) is 0 Å². The second-order valence-electron chi connectivity index (χ2n) is 5.87. The predicted octanol–water partition coefficient (Wildman–Crippen LogP) is 4.53. The maximum atomic E-state index is 12.1. The first-order chi connectivity index (χ1) is 13.8. The molecule has 7 heteroatoms. The van der Waals surface area contributed by atoms with Gasteiger partial charge < -0.3 is 9.84 Å². The summed E-state index contributed by atoms with van der Waals surface area (Å²) >= 11 is 1.26. The normalized spacial score (nSPS) is 10.6. The van der Waals surface area contributed by atoms with E-state index in [0.29, 0.717) is 16.6 Å². The van der Waals surface area contributed by atoms with E-state index in [1.165, 1.54) is 11.8 Å². The molecular weight excluding hydrogens is 372 g/mol. The molecule has 0 aliphatic carbocycles. The molecule has 4 aromatic rings. The molecule has 0 bridgehead atoms. The fraction of sp³-hybridized carbons (Fsp3) is 0.0476. The number of nitrogens with zero attached hydrogens (tertiary/aromatic N) is 3. The van der Waals surface area contributed by atoms with Crippen molar-refractivity contribution in [2.75, 3.05) is 11.1 Å². The lowest BCUT2D eigenvalue weighted by molar-refractivity contribution is -0.113. The van der Waals surface area contributed by atoms with Crippen molar-refractivity contribution in [1.82, 2.24) is 15.1 Å². The second kappa shape index (κ2) is 8.49. The van der Waals surface area contributed by atoms with Crippen molar-refractivity contribution in [2.24, 2.45) is 0 Å². The van der Waals surface area contributed by atoms with Crippen molar-refractivity contribution in [3.63, 3.8) is 0 Å². The van der Waals surface area contributed by atoms with Crippen molar-refractivity contribution in [3.05, 3.63) is 79.0 Å². The summed E-state index contributed by atoms with van der Waals surface area (Å²) < 4.78 is 5.44. The highest BCUT2D eigenvalue weighted by Crippen LogP contribution is 2.25. The van der Waals surface area contributed by atoms with E-state index < -0.39 is 0 Å². The number of hydrogen-bond donors (Lipinski definition) is 1. The number of hydrogen-bond acceptors (Lipinski definition) is 6. The van der Waals surface area contributed by atoms with Gasteiger partial charge in [-0.1, -0.05) is 65.4 Å². The van der Waals surface area contributed by atoms with Gasteiger partial charge in [-0.15, -0.1) is 0 Å². The standard InChI is InChI=1S/C21H16N4O2S/c26-20(23-16-9-5-2-6-10-16)14-28-21-22-12-11-17(24-21)19-13-18(25-27-19)15-7-3-1-4-8-15/h1-13H,14H2,(H,23,26). The van der Waals surface area contributed by atoms with Crippen molar-refractivity contribution in [2.45, 2.75) is 5.16 Å². The molecule has 2 aromatic heterocycles. The van der Waals surface area contributed by atoms with Gasteiger partial charge in [0.05, 0.1) is 5.75 Å². The number of carbonyl (C=O) groups is 1. The highest BCUT2D eigenvalue weighted by molar-refractivity contribution is 7.99. The number of thioether (sulfide) groups is 1. The Hall–Kier alpha value is -3.45. The lowest BCUT2D eigenvalue weighted by atomic mass is 10.1. The minimum atomic E-state index is -0.115. The van der Waals surface area contributed by atoms with E-state index in [4.69, 9.17) is 4.52 Å². The summed E-state index contributed by atoms with van der Waals surface area (Å²) in [5, 5.41) is 7.44. The van der Waals surface area contributed by atoms with Gasteiger partial charge in [-0.05, 0) is 18.2 Å². The zero-order valence-electron chi connectivity index (χ0n) is 14.8. The minimum absolute atomic E-state index is 0.115. The largest absolute Gasteiger partial charge is 0.354 e. The van der Waals surface area contributed by atoms with Crippen LogP contribution >= 0.6 is 11.8 Å². The molecule has 138 valence electrons. The number of amides is 1. The summed E-state index contributed by atoms with van der Waals surface area (Å²) in [6.45, 7) is 0. The lowest BCUT2D eigenvalue weighted by Crippen LogP contribution is -2.14. The zero-order chi connectivity index (χ0) is 19.2. The monoisotopic (exact) mass is 388 g/mol. The summed E-state index contributed by atoms with van der Waals surface area (Å²) in [5.41, 5.74) is 3.10. The average Bonchev–Trinajstić information content (AvgIpc) is 3.24. The SMILES string of the molecule is O=C(CSc1nccc(-c2cc(-c3ccccc3)no2)n1)Nc1ccccc1. The van der Waals surface area contributed by atoms with Crippen LogP contribution in [0.2, 0.25) is 0 Å². The number of aromatic nitrogens is 3. The number of carbonyl (C=O) groups excluding carboxylic acids is 1. The molecule has 0 fully saturated rings. The number of nitrogens with one attached hydrogen (secondary N) is 1. The van der Waals surface area contributed by atoms with Crippen LogP contribution in [0.1, 0.15) is 0 Å². The third kappa shape index (κ3) is 4.44. The third-order valence-corrected chi connectivity index (χ3v) is 4.72. The molecule has 0 unspecified atom stereocenters. The van der Waals surface area contributed by atoms with E-state index >= 15 is 0 Å². The van der Waals surface area contributed by atoms with Crippen LogP contribution < -0.4 is 5.32 Å². The average molecular weight is 388 g/mol. The summed E-state index contributed by atoms with van der Waals surface area (Å²) in [7, 11) is 0. The summed E-state index contributed by atoms with van der Waals surface area (Å²) in [5.74, 6) is 0.650. The molecule has 4 rings (SSSR count). The Labute approximate surface area is 166 Å². The van der Waals surface area contributed by atoms with Gasteiger partial charge in [0.25, 0.3) is 0 Å². The van der Waals surface area contributed by atoms with Crippen LogP contribution in [0.25, 0.3) is 22.7 Å². The van der Waals surface area contributed by atoms with Crippen LogP contribution in [0.3, 0.4) is 0 Å². The molecule has 0 radical (unpaired) electrons. The van der Waals surface area contributed by atoms with Crippen LogP contribution in [0.15, 0.2) is 88.7 Å². The minimum Gasteiger partial charge on any atom is -0.354 e. The molecule has 0 atom stereocenters. The lowest BCUT2D eigenvalue weighted by Gasteiger charge is -2.04. The molecule has 2 aromatic carbocycles. The maximum absolute atomic E-state index is 12.1. The van der Waals surface area contributed by atoms with Gasteiger partial charge in [0.1, 0.15) is 11.4 Å². The van der Waals surface area contributed by atoms with Crippen molar-refractivity contribution < 1.29 is 9.32 Å². The third-order valence-electron chi connectivity index (χ3n) is 3.86. The van der Waals surface area contributed by atoms with E-state index in [9.17, 15) is 4.79 Å². The molecular formula is C21H16N4O2S. The van der Waals surface area contributed by atoms with Gasteiger partial charge in [-0.3, -0.25) is 4.79 Å². The van der Waals surface area contributed by atoms with E-state index in [-0.39, 0.29) is 11.7 Å². The van der Waals surface area contributed by atoms with Crippen molar-refractivity contribution in [1.29, 1.82) is 0 Å². The number of anilines is 1. The molecule has 28 heavy (non-hydrogen) atoms. The first kappa shape index (κ1) is 17.9. The van der Waals surface area contributed by atoms with Crippen molar-refractivity contribution in [3.8, 4) is 22.7 Å². The quantitative estimate of drug-likeness (QED) is 0.386. The molecule has 0 spiro atoms. The molecule has 0 saturated heterocycles. The fourth-order valence-electron chi connectivity index (χ4n) is 2.54. The van der Waals surface area contributed by atoms with Crippen molar-refractivity contribution >= 4 is 23.4 Å². The predicted molar refractivity (Wildman–Crippen MR) is 109 cm³/mol. The molecule has 2 heterocycles. The molecule has 6 nitrogen and oxygen atoms in total. The molecule has 0 aliphatic heterocycles. The van der Waals surface area contributed by atoms with Crippen LogP contribution in [0.4, 0.5) is 5.69 Å². The van der Waals surface area contributed by atoms with Crippen LogP contribution in [-0.2, 0) is 4.79 Å². The molecule has 0 saturated carbocycles. The number of rotatable bonds is 6. The highest BCUT2D eigenvalue weighted by Gasteiger charge is 2.12. The Balaban J connectivity index is 1.42. The van der Waals surface area contributed by atoms with E-state index in [2.05, 4.69) is 20.4 Å². The highest BCUT2D eigenvalue weighted by atomic mass is 32.2. The summed E-state index contributed by atoms with van der Waals surface area (Å²) in [4.78, 5) is 20.8. The molecule has 0 aliphatic rings. The Morgan fingerprint density at radius 3 is 2.50 bits per heavy atom. The Kier molecular flexibility index (Phi) is 5.44. The van der Waals surface area contributed by atoms with Gasteiger partial charge in [0.15, 0.2) is 10.9 Å². The zero-order valence-corrected chi connectivity index (χ0v) is 15.6. The van der Waals surface area contributed by atoms with Gasteiger partial charge in [-0.25, -0.2) is 9.97 Å². The van der Waals surface area contributed by atoms with E-state index in [1.807, 2.05) is 66.7 Å². The Morgan fingerprint density at radius 1 is 0.964 bits per heavy atom. The van der Waals surface area contributed by atoms with Crippen LogP contribution in [-0.4, -0.2) is 26.8 Å². The topological polar surface area (TPSA) is 80.9 Å². The van der Waals surface area contributed by atoms with Gasteiger partial charge >= 0.3 is 0 Å². The first-order valence-electron chi connectivity index (χ1n) is 8.61. The first-order valence-corrected chi connectivity index (χ1v) is 9.60. The van der Waals surface area contributed by atoms with E-state index in [1.54, 1.807) is 12.3 Å². The Morgan fingerprint density at radius 2 is 1.71 bits per heavy atom. The van der Waals surface area contributed by atoms with Gasteiger partial charge in [0.2, 0.25) is 5.91 Å². The molecule has 1 amide bonds. The number of benzene rings is 2. The smallest absolute Gasteiger partial charge is 0.234 e. The van der Waals surface area contributed by atoms with Gasteiger partial charge in [-0.2, -0.15) is 0 Å². The summed E-state index contributed by atoms with van der Waals surface area (Å²) in [6, 6.07) is 22.7. The van der Waals surface area contributed by atoms with E-state index in [0.717, 1.165) is 16.9 Å². The second-order valence-corrected chi connectivity index (χ2v) is 6.81. The number of para-hydroxylation sites is 1. The fourth-order valence-corrected chi connectivity index (χ4v) is 3.17. The van der Waals surface area contributed by atoms with Gasteiger partial charge in [0, 0.05) is 23.5 Å². The van der Waals surface area contributed by atoms with Crippen LogP contribution in [0, 0.1) is 0 Å². The maximum Gasteiger partial charge on any atom is 0.234 e. The molecule has 1 N–H and O–H groups in total.